The smallest absolute Gasteiger partial charge is 0.336 e. The summed E-state index contributed by atoms with van der Waals surface area (Å²) in [7, 11) is -2.46. The van der Waals surface area contributed by atoms with E-state index in [1.807, 2.05) is 0 Å². The SMILES string of the molecule is COc1n[nH]c(NS(=O)(=O)c2cccc3c2N=S=N3)n1. The summed E-state index contributed by atoms with van der Waals surface area (Å²) in [5.74, 6) is -0.0398. The minimum Gasteiger partial charge on any atom is -0.466 e. The monoisotopic (exact) mass is 312 g/mol. The Morgan fingerprint density at radius 3 is 2.95 bits per heavy atom. The van der Waals surface area contributed by atoms with E-state index in [2.05, 4.69) is 28.6 Å². The van der Waals surface area contributed by atoms with E-state index in [4.69, 9.17) is 4.74 Å². The third-order valence-electron chi connectivity index (χ3n) is 2.42. The topological polar surface area (TPSA) is 122 Å². The Kier molecular flexibility index (Phi) is 2.99. The van der Waals surface area contributed by atoms with Crippen molar-refractivity contribution in [2.45, 2.75) is 4.90 Å². The molecule has 0 spiro atoms. The molecular formula is C9H8N6O3S2. The summed E-state index contributed by atoms with van der Waals surface area (Å²) in [6.07, 6.45) is 0. The summed E-state index contributed by atoms with van der Waals surface area (Å²) in [6, 6.07) is 4.77. The summed E-state index contributed by atoms with van der Waals surface area (Å²) in [6.45, 7) is 0. The largest absolute Gasteiger partial charge is 0.466 e. The van der Waals surface area contributed by atoms with Crippen LogP contribution in [-0.2, 0) is 21.4 Å². The second-order valence-electron chi connectivity index (χ2n) is 3.66. The average Bonchev–Trinajstić information content (AvgIpc) is 3.05. The summed E-state index contributed by atoms with van der Waals surface area (Å²) >= 11 is 0.949. The van der Waals surface area contributed by atoms with Crippen molar-refractivity contribution < 1.29 is 13.2 Å². The standard InChI is InChI=1S/C9H8N6O3S2/c1-18-9-10-8(11-12-9)15-20(16,17)6-4-2-3-5-7(6)14-19-13-5/h2-4H,1H3,(H2,10,11,12,15). The highest BCUT2D eigenvalue weighted by atomic mass is 32.2. The lowest BCUT2D eigenvalue weighted by atomic mass is 10.3. The summed E-state index contributed by atoms with van der Waals surface area (Å²) < 4.78 is 39.6. The van der Waals surface area contributed by atoms with Crippen LogP contribution in [0.1, 0.15) is 0 Å². The Morgan fingerprint density at radius 2 is 2.20 bits per heavy atom. The molecule has 2 aromatic rings. The highest BCUT2D eigenvalue weighted by molar-refractivity contribution is 7.92. The van der Waals surface area contributed by atoms with Crippen LogP contribution in [-0.4, -0.2) is 30.7 Å². The molecule has 1 aliphatic rings. The zero-order valence-electron chi connectivity index (χ0n) is 10.1. The number of benzene rings is 1. The number of fused-ring (bicyclic) bond motifs is 1. The summed E-state index contributed by atoms with van der Waals surface area (Å²) in [5.41, 5.74) is 0.838. The van der Waals surface area contributed by atoms with Crippen LogP contribution in [0.2, 0.25) is 0 Å². The van der Waals surface area contributed by atoms with Gasteiger partial charge in [-0.1, -0.05) is 6.07 Å². The molecular weight excluding hydrogens is 304 g/mol. The first-order valence-electron chi connectivity index (χ1n) is 5.30. The number of nitrogens with one attached hydrogen (secondary N) is 2. The molecule has 0 atom stereocenters. The molecule has 104 valence electrons. The van der Waals surface area contributed by atoms with Crippen LogP contribution < -0.4 is 9.46 Å². The molecule has 0 amide bonds. The maximum atomic E-state index is 12.3. The predicted molar refractivity (Wildman–Crippen MR) is 71.7 cm³/mol. The lowest BCUT2D eigenvalue weighted by Crippen LogP contribution is -2.14. The van der Waals surface area contributed by atoms with Gasteiger partial charge in [-0.15, -0.1) is 5.10 Å². The van der Waals surface area contributed by atoms with Crippen molar-refractivity contribution in [3.8, 4) is 6.01 Å². The first kappa shape index (κ1) is 12.7. The third kappa shape index (κ3) is 2.16. The number of H-pyrrole nitrogens is 1. The number of hydrogen-bond donors (Lipinski definition) is 2. The maximum Gasteiger partial charge on any atom is 0.336 e. The van der Waals surface area contributed by atoms with E-state index in [9.17, 15) is 8.42 Å². The molecule has 2 N–H and O–H groups in total. The second kappa shape index (κ2) is 4.68. The minimum atomic E-state index is -3.84. The summed E-state index contributed by atoms with van der Waals surface area (Å²) in [4.78, 5) is 3.82. The van der Waals surface area contributed by atoms with Gasteiger partial charge in [-0.3, -0.25) is 0 Å². The molecule has 9 nitrogen and oxygen atoms in total. The van der Waals surface area contributed by atoms with E-state index in [0.29, 0.717) is 11.4 Å². The van der Waals surface area contributed by atoms with Gasteiger partial charge in [0.05, 0.1) is 18.5 Å². The van der Waals surface area contributed by atoms with Crippen molar-refractivity contribution in [2.75, 3.05) is 11.8 Å². The van der Waals surface area contributed by atoms with Crippen LogP contribution in [0.3, 0.4) is 0 Å². The highest BCUT2D eigenvalue weighted by Gasteiger charge is 2.23. The first-order chi connectivity index (χ1) is 9.60. The fourth-order valence-electron chi connectivity index (χ4n) is 1.56. The first-order valence-corrected chi connectivity index (χ1v) is 7.52. The molecule has 11 heteroatoms. The van der Waals surface area contributed by atoms with Crippen molar-refractivity contribution in [1.29, 1.82) is 0 Å². The van der Waals surface area contributed by atoms with Crippen molar-refractivity contribution in [3.63, 3.8) is 0 Å². The molecule has 0 unspecified atom stereocenters. The molecule has 2 heterocycles. The number of methoxy groups -OCH3 is 1. The fourth-order valence-corrected chi connectivity index (χ4v) is 3.29. The van der Waals surface area contributed by atoms with Crippen LogP contribution in [0.25, 0.3) is 0 Å². The lowest BCUT2D eigenvalue weighted by molar-refractivity contribution is 0.382. The normalized spacial score (nSPS) is 12.8. The number of aromatic nitrogens is 3. The number of sulfonamides is 1. The van der Waals surface area contributed by atoms with Crippen molar-refractivity contribution in [3.05, 3.63) is 18.2 Å². The van der Waals surface area contributed by atoms with Gasteiger partial charge in [0, 0.05) is 0 Å². The number of rotatable bonds is 4. The van der Waals surface area contributed by atoms with E-state index in [-0.39, 0.29) is 16.9 Å². The number of anilines is 1. The van der Waals surface area contributed by atoms with E-state index in [1.54, 1.807) is 12.1 Å². The van der Waals surface area contributed by atoms with Crippen LogP contribution in [0.4, 0.5) is 17.3 Å². The highest BCUT2D eigenvalue weighted by Crippen LogP contribution is 2.37. The maximum absolute atomic E-state index is 12.3. The van der Waals surface area contributed by atoms with Gasteiger partial charge >= 0.3 is 6.01 Å². The molecule has 0 bridgehead atoms. The Morgan fingerprint density at radius 1 is 1.35 bits per heavy atom. The molecule has 0 fully saturated rings. The average molecular weight is 312 g/mol. The molecule has 1 aliphatic heterocycles. The third-order valence-corrected chi connectivity index (χ3v) is 4.33. The van der Waals surface area contributed by atoms with Gasteiger partial charge in [0.2, 0.25) is 5.95 Å². The molecule has 0 saturated heterocycles. The summed E-state index contributed by atoms with van der Waals surface area (Å²) in [5, 5.41) is 6.07. The van der Waals surface area contributed by atoms with Gasteiger partial charge in [0.15, 0.2) is 0 Å². The fraction of sp³-hybridized carbons (Fsp3) is 0.111. The second-order valence-corrected chi connectivity index (χ2v) is 5.84. The predicted octanol–water partition coefficient (Wildman–Crippen LogP) is 1.34. The van der Waals surface area contributed by atoms with Crippen molar-refractivity contribution >= 4 is 38.7 Å². The van der Waals surface area contributed by atoms with Gasteiger partial charge in [-0.25, -0.2) is 18.2 Å². The van der Waals surface area contributed by atoms with Gasteiger partial charge in [0.1, 0.15) is 16.3 Å². The molecule has 1 aromatic carbocycles. The molecule has 0 radical (unpaired) electrons. The van der Waals surface area contributed by atoms with Crippen LogP contribution >= 0.6 is 0 Å². The number of ether oxygens (including phenoxy) is 1. The molecule has 0 aliphatic carbocycles. The van der Waals surface area contributed by atoms with E-state index < -0.39 is 10.0 Å². The zero-order chi connectivity index (χ0) is 14.2. The van der Waals surface area contributed by atoms with Gasteiger partial charge in [-0.05, 0) is 12.1 Å². The van der Waals surface area contributed by atoms with Crippen molar-refractivity contribution in [1.82, 2.24) is 15.2 Å². The number of hydrogen-bond acceptors (Lipinski definition) is 7. The minimum absolute atomic E-state index is 0.0270. The Balaban J connectivity index is 1.97. The lowest BCUT2D eigenvalue weighted by Gasteiger charge is -2.06. The Hall–Kier alpha value is -2.27. The molecule has 0 saturated carbocycles. The van der Waals surface area contributed by atoms with Gasteiger partial charge in [-0.2, -0.15) is 13.7 Å². The molecule has 3 rings (SSSR count). The Labute approximate surface area is 117 Å². The Bertz CT molecular complexity index is 837. The molecule has 1 aromatic heterocycles. The van der Waals surface area contributed by atoms with E-state index in [1.165, 1.54) is 13.2 Å². The van der Waals surface area contributed by atoms with Crippen LogP contribution in [0.15, 0.2) is 31.8 Å². The number of nitrogens with zero attached hydrogens (tertiary/aromatic N) is 4. The van der Waals surface area contributed by atoms with Gasteiger partial charge < -0.3 is 4.74 Å². The van der Waals surface area contributed by atoms with Crippen LogP contribution in [0, 0.1) is 0 Å². The van der Waals surface area contributed by atoms with Crippen molar-refractivity contribution in [2.24, 2.45) is 8.73 Å². The quantitative estimate of drug-likeness (QED) is 0.752. The van der Waals surface area contributed by atoms with Gasteiger partial charge in [0.25, 0.3) is 10.0 Å². The van der Waals surface area contributed by atoms with Crippen LogP contribution in [0.5, 0.6) is 6.01 Å². The van der Waals surface area contributed by atoms with E-state index >= 15 is 0 Å². The zero-order valence-corrected chi connectivity index (χ0v) is 11.7. The molecule has 20 heavy (non-hydrogen) atoms. The van der Waals surface area contributed by atoms with E-state index in [0.717, 1.165) is 11.4 Å². The number of aromatic amines is 1.